The van der Waals surface area contributed by atoms with Crippen molar-refractivity contribution in [1.82, 2.24) is 9.55 Å². The van der Waals surface area contributed by atoms with Crippen molar-refractivity contribution in [3.8, 4) is 0 Å². The van der Waals surface area contributed by atoms with Crippen LogP contribution in [0.4, 0.5) is 5.69 Å². The van der Waals surface area contributed by atoms with Crippen molar-refractivity contribution in [2.45, 2.75) is 12.1 Å². The first-order chi connectivity index (χ1) is 14.4. The number of para-hydroxylation sites is 1. The Morgan fingerprint density at radius 3 is 2.43 bits per heavy atom. The Kier molecular flexibility index (Phi) is 5.37. The number of hydrogen-bond donors (Lipinski definition) is 1. The van der Waals surface area contributed by atoms with Gasteiger partial charge in [0.2, 0.25) is 5.91 Å². The standard InChI is InChI=1S/C23H19N3O3S/c1-14(27)17-9-5-6-10-19(17)24-21(28)13-30-23-25-20-12-16-8-4-3-7-15(16)11-18(20)22(29)26(23)2/h3-12H,13H2,1-2H3,(H,24,28). The number of hydrogen-bond acceptors (Lipinski definition) is 5. The number of aromatic nitrogens is 2. The Balaban J connectivity index is 1.59. The minimum atomic E-state index is -0.276. The van der Waals surface area contributed by atoms with Gasteiger partial charge in [0.15, 0.2) is 10.9 Å². The molecule has 1 aromatic heterocycles. The average molecular weight is 417 g/mol. The third kappa shape index (κ3) is 3.84. The van der Waals surface area contributed by atoms with Crippen LogP contribution in [0, 0.1) is 0 Å². The largest absolute Gasteiger partial charge is 0.325 e. The molecule has 1 N–H and O–H groups in total. The summed E-state index contributed by atoms with van der Waals surface area (Å²) in [6.45, 7) is 1.46. The lowest BCUT2D eigenvalue weighted by atomic mass is 10.1. The van der Waals surface area contributed by atoms with Gasteiger partial charge in [-0.3, -0.25) is 19.0 Å². The highest BCUT2D eigenvalue weighted by atomic mass is 32.2. The van der Waals surface area contributed by atoms with Crippen LogP contribution in [0.25, 0.3) is 21.7 Å². The van der Waals surface area contributed by atoms with Crippen molar-refractivity contribution in [2.24, 2.45) is 7.05 Å². The van der Waals surface area contributed by atoms with Crippen LogP contribution in [0.3, 0.4) is 0 Å². The molecule has 6 nitrogen and oxygen atoms in total. The molecule has 0 aliphatic heterocycles. The first-order valence-electron chi connectivity index (χ1n) is 9.36. The Labute approximate surface area is 176 Å². The number of carbonyl (C=O) groups excluding carboxylic acids is 2. The first-order valence-corrected chi connectivity index (χ1v) is 10.3. The van der Waals surface area contributed by atoms with Crippen molar-refractivity contribution in [2.75, 3.05) is 11.1 Å². The molecule has 0 fully saturated rings. The van der Waals surface area contributed by atoms with Crippen LogP contribution in [0.15, 0.2) is 70.6 Å². The molecule has 0 unspecified atom stereocenters. The van der Waals surface area contributed by atoms with Crippen LogP contribution in [0.1, 0.15) is 17.3 Å². The van der Waals surface area contributed by atoms with E-state index in [1.165, 1.54) is 23.3 Å². The number of fused-ring (bicyclic) bond motifs is 2. The molecule has 0 spiro atoms. The Morgan fingerprint density at radius 2 is 1.70 bits per heavy atom. The summed E-state index contributed by atoms with van der Waals surface area (Å²) < 4.78 is 1.46. The average Bonchev–Trinajstić information content (AvgIpc) is 2.74. The molecule has 0 atom stereocenters. The predicted octanol–water partition coefficient (Wildman–Crippen LogP) is 4.02. The van der Waals surface area contributed by atoms with Crippen molar-refractivity contribution in [3.05, 3.63) is 76.6 Å². The van der Waals surface area contributed by atoms with Gasteiger partial charge in [-0.1, -0.05) is 48.2 Å². The number of nitrogens with one attached hydrogen (secondary N) is 1. The molecule has 4 aromatic rings. The van der Waals surface area contributed by atoms with Crippen molar-refractivity contribution in [3.63, 3.8) is 0 Å². The second-order valence-corrected chi connectivity index (χ2v) is 7.86. The summed E-state index contributed by atoms with van der Waals surface area (Å²) in [7, 11) is 1.65. The number of thioether (sulfide) groups is 1. The summed E-state index contributed by atoms with van der Waals surface area (Å²) in [5.74, 6) is -0.336. The van der Waals surface area contributed by atoms with E-state index in [9.17, 15) is 14.4 Å². The molecule has 4 rings (SSSR count). The Hall–Kier alpha value is -3.45. The number of carbonyl (C=O) groups is 2. The zero-order valence-corrected chi connectivity index (χ0v) is 17.3. The van der Waals surface area contributed by atoms with Crippen LogP contribution >= 0.6 is 11.8 Å². The lowest BCUT2D eigenvalue weighted by Crippen LogP contribution is -2.21. The van der Waals surface area contributed by atoms with Gasteiger partial charge in [-0.15, -0.1) is 0 Å². The molecule has 0 aliphatic carbocycles. The molecule has 0 saturated heterocycles. The van der Waals surface area contributed by atoms with Gasteiger partial charge in [0.05, 0.1) is 22.3 Å². The molecular weight excluding hydrogens is 398 g/mol. The normalized spacial score (nSPS) is 11.0. The van der Waals surface area contributed by atoms with E-state index in [4.69, 9.17) is 0 Å². The van der Waals surface area contributed by atoms with Gasteiger partial charge < -0.3 is 5.32 Å². The molecule has 0 bridgehead atoms. The van der Waals surface area contributed by atoms with Crippen LogP contribution in [-0.2, 0) is 11.8 Å². The maximum atomic E-state index is 12.8. The van der Waals surface area contributed by atoms with E-state index in [-0.39, 0.29) is 23.0 Å². The van der Waals surface area contributed by atoms with E-state index < -0.39 is 0 Å². The van der Waals surface area contributed by atoms with Crippen LogP contribution < -0.4 is 10.9 Å². The maximum absolute atomic E-state index is 12.8. The van der Waals surface area contributed by atoms with Gasteiger partial charge in [-0.05, 0) is 42.0 Å². The second kappa shape index (κ2) is 8.12. The summed E-state index contributed by atoms with van der Waals surface area (Å²) in [4.78, 5) is 41.6. The third-order valence-corrected chi connectivity index (χ3v) is 5.84. The van der Waals surface area contributed by atoms with E-state index in [0.29, 0.717) is 27.3 Å². The van der Waals surface area contributed by atoms with Gasteiger partial charge in [0.1, 0.15) is 0 Å². The lowest BCUT2D eigenvalue weighted by Gasteiger charge is -2.11. The monoisotopic (exact) mass is 417 g/mol. The molecule has 150 valence electrons. The first kappa shape index (κ1) is 19.8. The van der Waals surface area contributed by atoms with Gasteiger partial charge in [0.25, 0.3) is 5.56 Å². The summed E-state index contributed by atoms with van der Waals surface area (Å²) in [6.07, 6.45) is 0. The van der Waals surface area contributed by atoms with Crippen LogP contribution in [0.5, 0.6) is 0 Å². The smallest absolute Gasteiger partial charge is 0.261 e. The molecule has 1 amide bonds. The highest BCUT2D eigenvalue weighted by Gasteiger charge is 2.14. The molecule has 0 saturated carbocycles. The maximum Gasteiger partial charge on any atom is 0.261 e. The van der Waals surface area contributed by atoms with E-state index >= 15 is 0 Å². The summed E-state index contributed by atoms with van der Waals surface area (Å²) >= 11 is 1.18. The molecule has 0 aliphatic rings. The zero-order valence-electron chi connectivity index (χ0n) is 16.5. The van der Waals surface area contributed by atoms with E-state index in [1.54, 1.807) is 31.3 Å². The minimum Gasteiger partial charge on any atom is -0.325 e. The number of nitrogens with zero attached hydrogens (tertiary/aromatic N) is 2. The minimum absolute atomic E-state index is 0.0611. The molecule has 7 heteroatoms. The highest BCUT2D eigenvalue weighted by Crippen LogP contribution is 2.23. The summed E-state index contributed by atoms with van der Waals surface area (Å²) in [5, 5.41) is 5.74. The number of benzene rings is 3. The number of Topliss-reactive ketones (excluding diaryl/α,β-unsaturated/α-hetero) is 1. The van der Waals surface area contributed by atoms with Crippen LogP contribution in [0.2, 0.25) is 0 Å². The molecular formula is C23H19N3O3S. The second-order valence-electron chi connectivity index (χ2n) is 6.91. The fraction of sp³-hybridized carbons (Fsp3) is 0.130. The molecule has 30 heavy (non-hydrogen) atoms. The quantitative estimate of drug-likeness (QED) is 0.230. The van der Waals surface area contributed by atoms with Crippen molar-refractivity contribution >= 4 is 50.8 Å². The number of amides is 1. The van der Waals surface area contributed by atoms with Gasteiger partial charge in [0, 0.05) is 12.6 Å². The lowest BCUT2D eigenvalue weighted by molar-refractivity contribution is -0.113. The van der Waals surface area contributed by atoms with Gasteiger partial charge in [-0.2, -0.15) is 0 Å². The fourth-order valence-electron chi connectivity index (χ4n) is 3.28. The zero-order chi connectivity index (χ0) is 21.3. The summed E-state index contributed by atoms with van der Waals surface area (Å²) in [5.41, 5.74) is 1.37. The topological polar surface area (TPSA) is 81.1 Å². The SMILES string of the molecule is CC(=O)c1ccccc1NC(=O)CSc1nc2cc3ccccc3cc2c(=O)n1C. The molecule has 1 heterocycles. The third-order valence-electron chi connectivity index (χ3n) is 4.81. The Bertz CT molecular complexity index is 1360. The van der Waals surface area contributed by atoms with Gasteiger partial charge in [-0.25, -0.2) is 4.98 Å². The fourth-order valence-corrected chi connectivity index (χ4v) is 4.05. The number of rotatable bonds is 5. The van der Waals surface area contributed by atoms with Crippen LogP contribution in [-0.4, -0.2) is 27.0 Å². The number of anilines is 1. The van der Waals surface area contributed by atoms with Crippen molar-refractivity contribution in [1.29, 1.82) is 0 Å². The predicted molar refractivity (Wildman–Crippen MR) is 120 cm³/mol. The van der Waals surface area contributed by atoms with E-state index in [2.05, 4.69) is 10.3 Å². The Morgan fingerprint density at radius 1 is 1.03 bits per heavy atom. The number of ketones is 1. The van der Waals surface area contributed by atoms with E-state index in [1.807, 2.05) is 36.4 Å². The summed E-state index contributed by atoms with van der Waals surface area (Å²) in [6, 6.07) is 18.4. The molecule has 3 aromatic carbocycles. The van der Waals surface area contributed by atoms with E-state index in [0.717, 1.165) is 10.8 Å². The van der Waals surface area contributed by atoms with Gasteiger partial charge >= 0.3 is 0 Å². The molecule has 0 radical (unpaired) electrons. The van der Waals surface area contributed by atoms with Crippen molar-refractivity contribution < 1.29 is 9.59 Å². The highest BCUT2D eigenvalue weighted by molar-refractivity contribution is 7.99.